The van der Waals surface area contributed by atoms with Crippen molar-refractivity contribution in [1.82, 2.24) is 14.3 Å². The summed E-state index contributed by atoms with van der Waals surface area (Å²) in [6.45, 7) is 3.58. The van der Waals surface area contributed by atoms with Gasteiger partial charge in [0, 0.05) is 29.0 Å². The van der Waals surface area contributed by atoms with Gasteiger partial charge in [0.25, 0.3) is 10.0 Å². The molecule has 2 heterocycles. The Hall–Kier alpha value is -2.27. The van der Waals surface area contributed by atoms with E-state index < -0.39 is 15.9 Å². The van der Waals surface area contributed by atoms with Gasteiger partial charge in [0.2, 0.25) is 5.91 Å². The number of hydrogen-bond donors (Lipinski definition) is 1. The maximum absolute atomic E-state index is 12.4. The molecule has 0 saturated carbocycles. The molecule has 0 aliphatic rings. The van der Waals surface area contributed by atoms with Crippen molar-refractivity contribution in [2.75, 3.05) is 18.9 Å². The number of nitrogens with zero attached hydrogens (tertiary/aromatic N) is 3. The van der Waals surface area contributed by atoms with E-state index in [4.69, 9.17) is 0 Å². The maximum atomic E-state index is 12.4. The molecule has 0 bridgehead atoms. The van der Waals surface area contributed by atoms with Crippen LogP contribution in [0.2, 0.25) is 0 Å². The lowest BCUT2D eigenvalue weighted by Crippen LogP contribution is -2.34. The first kappa shape index (κ1) is 21.4. The average Bonchev–Trinajstić information content (AvgIpc) is 3.18. The molecular weight excluding hydrogens is 428 g/mol. The number of carbonyl (C=O) groups excluding carboxylic acids is 1. The lowest BCUT2D eigenvalue weighted by Gasteiger charge is -2.15. The van der Waals surface area contributed by atoms with E-state index in [9.17, 15) is 13.2 Å². The minimum absolute atomic E-state index is 0.211. The summed E-state index contributed by atoms with van der Waals surface area (Å²) >= 11 is 2.55. The van der Waals surface area contributed by atoms with E-state index in [1.807, 2.05) is 32.0 Å². The molecule has 29 heavy (non-hydrogen) atoms. The zero-order valence-electron chi connectivity index (χ0n) is 16.1. The van der Waals surface area contributed by atoms with Gasteiger partial charge in [0.15, 0.2) is 5.16 Å². The summed E-state index contributed by atoms with van der Waals surface area (Å²) in [5, 5.41) is 5.07. The largest absolute Gasteiger partial charge is 0.325 e. The van der Waals surface area contributed by atoms with Gasteiger partial charge in [-0.25, -0.2) is 18.4 Å². The van der Waals surface area contributed by atoms with Crippen LogP contribution in [0.4, 0.5) is 5.69 Å². The van der Waals surface area contributed by atoms with Gasteiger partial charge < -0.3 is 5.32 Å². The molecule has 152 valence electrons. The Morgan fingerprint density at radius 1 is 1.14 bits per heavy atom. The van der Waals surface area contributed by atoms with Crippen LogP contribution in [0.5, 0.6) is 0 Å². The number of amides is 1. The fourth-order valence-corrected chi connectivity index (χ4v) is 5.69. The third-order valence-electron chi connectivity index (χ3n) is 3.83. The number of anilines is 1. The third-order valence-corrected chi connectivity index (χ3v) is 7.88. The smallest absolute Gasteiger partial charge is 0.252 e. The first-order valence-electron chi connectivity index (χ1n) is 8.64. The molecule has 7 nitrogen and oxygen atoms in total. The van der Waals surface area contributed by atoms with Crippen molar-refractivity contribution >= 4 is 44.7 Å². The van der Waals surface area contributed by atoms with Gasteiger partial charge in [-0.1, -0.05) is 6.07 Å². The highest BCUT2D eigenvalue weighted by atomic mass is 32.2. The number of likely N-dealkylation sites (N-methyl/N-ethyl adjacent to an activating group) is 1. The Morgan fingerprint density at radius 3 is 2.38 bits per heavy atom. The molecule has 0 atom stereocenters. The number of aromatic nitrogens is 2. The lowest BCUT2D eigenvalue weighted by atomic mass is 10.3. The second kappa shape index (κ2) is 9.04. The summed E-state index contributed by atoms with van der Waals surface area (Å²) in [5.41, 5.74) is 2.40. The molecule has 0 fully saturated rings. The van der Waals surface area contributed by atoms with Gasteiger partial charge in [-0.3, -0.25) is 4.79 Å². The monoisotopic (exact) mass is 448 g/mol. The first-order chi connectivity index (χ1) is 13.7. The standard InChI is InChI=1S/C19H20N4O3S3/c1-13-11-14(2)21-19(20-13)28-16-8-6-15(7-9-16)22-17(24)12-23(3)29(25,26)18-5-4-10-27-18/h4-11H,12H2,1-3H3,(H,22,24). The number of rotatable bonds is 7. The van der Waals surface area contributed by atoms with Crippen molar-refractivity contribution in [3.63, 3.8) is 0 Å². The zero-order chi connectivity index (χ0) is 21.0. The summed E-state index contributed by atoms with van der Waals surface area (Å²) in [7, 11) is -2.27. The molecule has 0 saturated heterocycles. The number of sulfonamides is 1. The summed E-state index contributed by atoms with van der Waals surface area (Å²) in [6.07, 6.45) is 0. The number of aryl methyl sites for hydroxylation is 2. The fourth-order valence-electron chi connectivity index (χ4n) is 2.50. The third kappa shape index (κ3) is 5.63. The average molecular weight is 449 g/mol. The van der Waals surface area contributed by atoms with E-state index in [1.165, 1.54) is 24.9 Å². The van der Waals surface area contributed by atoms with Gasteiger partial charge in [-0.15, -0.1) is 11.3 Å². The van der Waals surface area contributed by atoms with Crippen LogP contribution < -0.4 is 5.32 Å². The van der Waals surface area contributed by atoms with Gasteiger partial charge in [-0.05, 0) is 67.4 Å². The maximum Gasteiger partial charge on any atom is 0.252 e. The SMILES string of the molecule is Cc1cc(C)nc(Sc2ccc(NC(=O)CN(C)S(=O)(=O)c3cccs3)cc2)n1. The van der Waals surface area contributed by atoms with Crippen LogP contribution in [0.3, 0.4) is 0 Å². The van der Waals surface area contributed by atoms with Crippen LogP contribution in [0.25, 0.3) is 0 Å². The molecule has 0 aliphatic carbocycles. The predicted octanol–water partition coefficient (Wildman–Crippen LogP) is 3.57. The summed E-state index contributed by atoms with van der Waals surface area (Å²) < 4.78 is 26.0. The van der Waals surface area contributed by atoms with E-state index >= 15 is 0 Å². The predicted molar refractivity (Wildman–Crippen MR) is 115 cm³/mol. The van der Waals surface area contributed by atoms with Crippen LogP contribution in [-0.2, 0) is 14.8 Å². The van der Waals surface area contributed by atoms with Crippen LogP contribution in [0.15, 0.2) is 62.1 Å². The van der Waals surface area contributed by atoms with E-state index in [0.717, 1.165) is 31.9 Å². The molecular formula is C19H20N4O3S3. The molecule has 10 heteroatoms. The van der Waals surface area contributed by atoms with Crippen LogP contribution in [0.1, 0.15) is 11.4 Å². The van der Waals surface area contributed by atoms with Gasteiger partial charge in [-0.2, -0.15) is 4.31 Å². The molecule has 2 aromatic heterocycles. The normalized spacial score (nSPS) is 11.6. The number of thiophene rings is 1. The van der Waals surface area contributed by atoms with Crippen molar-refractivity contribution < 1.29 is 13.2 Å². The molecule has 0 aliphatic heterocycles. The molecule has 1 amide bonds. The fraction of sp³-hybridized carbons (Fsp3) is 0.211. The summed E-state index contributed by atoms with van der Waals surface area (Å²) in [4.78, 5) is 22.0. The van der Waals surface area contributed by atoms with E-state index in [1.54, 1.807) is 23.6 Å². The van der Waals surface area contributed by atoms with Crippen LogP contribution in [0, 0.1) is 13.8 Å². The van der Waals surface area contributed by atoms with Crippen LogP contribution >= 0.6 is 23.1 Å². The molecule has 0 radical (unpaired) electrons. The Kier molecular flexibility index (Phi) is 6.68. The number of carbonyl (C=O) groups is 1. The molecule has 3 rings (SSSR count). The topological polar surface area (TPSA) is 92.3 Å². The second-order valence-corrected chi connectivity index (χ2v) is 10.6. The Balaban J connectivity index is 1.60. The van der Waals surface area contributed by atoms with E-state index in [-0.39, 0.29) is 10.8 Å². The van der Waals surface area contributed by atoms with E-state index in [0.29, 0.717) is 10.8 Å². The van der Waals surface area contributed by atoms with Crippen molar-refractivity contribution in [1.29, 1.82) is 0 Å². The lowest BCUT2D eigenvalue weighted by molar-refractivity contribution is -0.116. The highest BCUT2D eigenvalue weighted by molar-refractivity contribution is 7.99. The first-order valence-corrected chi connectivity index (χ1v) is 11.8. The van der Waals surface area contributed by atoms with Gasteiger partial charge >= 0.3 is 0 Å². The number of nitrogens with one attached hydrogen (secondary N) is 1. The summed E-state index contributed by atoms with van der Waals surface area (Å²) in [5.74, 6) is -0.411. The Morgan fingerprint density at radius 2 is 1.79 bits per heavy atom. The van der Waals surface area contributed by atoms with Gasteiger partial charge in [0.1, 0.15) is 4.21 Å². The summed E-state index contributed by atoms with van der Waals surface area (Å²) in [6, 6.07) is 12.3. The molecule has 0 spiro atoms. The molecule has 1 N–H and O–H groups in total. The minimum Gasteiger partial charge on any atom is -0.325 e. The number of hydrogen-bond acceptors (Lipinski definition) is 7. The van der Waals surface area contributed by atoms with Crippen molar-refractivity contribution in [3.8, 4) is 0 Å². The van der Waals surface area contributed by atoms with E-state index in [2.05, 4.69) is 15.3 Å². The molecule has 0 unspecified atom stereocenters. The Bertz CT molecular complexity index is 1080. The highest BCUT2D eigenvalue weighted by Crippen LogP contribution is 2.26. The second-order valence-electron chi connectivity index (χ2n) is 6.30. The van der Waals surface area contributed by atoms with Crippen molar-refractivity contribution in [2.45, 2.75) is 28.1 Å². The Labute approximate surface area is 178 Å². The van der Waals surface area contributed by atoms with Crippen molar-refractivity contribution in [3.05, 3.63) is 59.2 Å². The number of benzene rings is 1. The minimum atomic E-state index is -3.66. The molecule has 3 aromatic rings. The quantitative estimate of drug-likeness (QED) is 0.556. The zero-order valence-corrected chi connectivity index (χ0v) is 18.6. The van der Waals surface area contributed by atoms with Crippen molar-refractivity contribution in [2.24, 2.45) is 0 Å². The van der Waals surface area contributed by atoms with Crippen LogP contribution in [-0.4, -0.2) is 42.2 Å². The highest BCUT2D eigenvalue weighted by Gasteiger charge is 2.23. The molecule has 1 aromatic carbocycles. The van der Waals surface area contributed by atoms with Gasteiger partial charge in [0.05, 0.1) is 6.54 Å².